The van der Waals surface area contributed by atoms with E-state index in [0.29, 0.717) is 23.7 Å². The maximum absolute atomic E-state index is 12.3. The normalized spacial score (nSPS) is 11.0. The number of hydrogen-bond donors (Lipinski definition) is 1. The summed E-state index contributed by atoms with van der Waals surface area (Å²) in [5.74, 6) is -0.0657. The lowest BCUT2D eigenvalue weighted by molar-refractivity contribution is 0.0952. The molecule has 6 nitrogen and oxygen atoms in total. The van der Waals surface area contributed by atoms with Gasteiger partial charge in [0.05, 0.1) is 28.6 Å². The summed E-state index contributed by atoms with van der Waals surface area (Å²) < 4.78 is 3.85. The average Bonchev–Trinajstić information content (AvgIpc) is 3.11. The van der Waals surface area contributed by atoms with Crippen molar-refractivity contribution in [3.8, 4) is 0 Å². The number of amides is 1. The van der Waals surface area contributed by atoms with E-state index in [1.807, 2.05) is 61.3 Å². The molecule has 0 bridgehead atoms. The van der Waals surface area contributed by atoms with Gasteiger partial charge in [0.15, 0.2) is 0 Å². The number of hydrogen-bond acceptors (Lipinski definition) is 3. The molecule has 0 saturated heterocycles. The van der Waals surface area contributed by atoms with Crippen LogP contribution in [0.4, 0.5) is 0 Å². The van der Waals surface area contributed by atoms with Crippen LogP contribution < -0.4 is 5.32 Å². The summed E-state index contributed by atoms with van der Waals surface area (Å²) in [6, 6.07) is 9.72. The number of nitrogens with one attached hydrogen (secondary N) is 1. The van der Waals surface area contributed by atoms with Crippen molar-refractivity contribution >= 4 is 17.5 Å². The highest BCUT2D eigenvalue weighted by atomic mass is 35.5. The fourth-order valence-electron chi connectivity index (χ4n) is 3.20. The number of halogens is 1. The minimum absolute atomic E-state index is 0.0657. The first-order valence-corrected chi connectivity index (χ1v) is 9.80. The molecule has 0 unspecified atom stereocenters. The molecule has 28 heavy (non-hydrogen) atoms. The highest BCUT2D eigenvalue weighted by molar-refractivity contribution is 6.31. The summed E-state index contributed by atoms with van der Waals surface area (Å²) in [6.45, 7) is 9.89. The highest BCUT2D eigenvalue weighted by Gasteiger charge is 2.09. The van der Waals surface area contributed by atoms with Crippen LogP contribution in [0.3, 0.4) is 0 Å². The number of aromatic nitrogens is 4. The van der Waals surface area contributed by atoms with Crippen molar-refractivity contribution in [2.24, 2.45) is 0 Å². The monoisotopic (exact) mass is 399 g/mol. The molecule has 0 radical (unpaired) electrons. The molecule has 0 aliphatic heterocycles. The topological polar surface area (TPSA) is 64.7 Å². The van der Waals surface area contributed by atoms with Crippen molar-refractivity contribution in [2.45, 2.75) is 47.2 Å². The van der Waals surface area contributed by atoms with Crippen molar-refractivity contribution in [2.75, 3.05) is 6.54 Å². The van der Waals surface area contributed by atoms with Gasteiger partial charge in [-0.15, -0.1) is 0 Å². The molecule has 1 aromatic carbocycles. The molecular weight excluding hydrogens is 374 g/mol. The molecule has 3 aromatic rings. The zero-order valence-electron chi connectivity index (χ0n) is 16.8. The van der Waals surface area contributed by atoms with Gasteiger partial charge in [0.25, 0.3) is 5.91 Å². The first-order chi connectivity index (χ1) is 13.3. The summed E-state index contributed by atoms with van der Waals surface area (Å²) >= 11 is 6.16. The third-order valence-corrected chi connectivity index (χ3v) is 5.32. The van der Waals surface area contributed by atoms with Gasteiger partial charge < -0.3 is 5.32 Å². The zero-order valence-corrected chi connectivity index (χ0v) is 17.5. The van der Waals surface area contributed by atoms with Gasteiger partial charge in [-0.2, -0.15) is 10.2 Å². The standard InChI is InChI=1S/C21H26ClN5O/c1-14-12-15(2)27(24-14)13-18-6-8-19(9-7-18)21(28)23-10-5-11-26-17(4)20(22)16(3)25-26/h6-9,12H,5,10-11,13H2,1-4H3,(H,23,28). The quantitative estimate of drug-likeness (QED) is 0.614. The van der Waals surface area contributed by atoms with Crippen LogP contribution in [-0.4, -0.2) is 32.0 Å². The van der Waals surface area contributed by atoms with E-state index in [2.05, 4.69) is 21.6 Å². The summed E-state index contributed by atoms with van der Waals surface area (Å²) in [4.78, 5) is 12.3. The molecule has 7 heteroatoms. The zero-order chi connectivity index (χ0) is 20.3. The Hall–Kier alpha value is -2.60. The molecule has 0 fully saturated rings. The molecule has 2 aromatic heterocycles. The van der Waals surface area contributed by atoms with Crippen molar-refractivity contribution in [1.29, 1.82) is 0 Å². The lowest BCUT2D eigenvalue weighted by Gasteiger charge is -2.08. The van der Waals surface area contributed by atoms with Gasteiger partial charge in [-0.3, -0.25) is 14.2 Å². The Kier molecular flexibility index (Phi) is 6.19. The van der Waals surface area contributed by atoms with Gasteiger partial charge in [-0.1, -0.05) is 23.7 Å². The van der Waals surface area contributed by atoms with Crippen LogP contribution in [0, 0.1) is 27.7 Å². The molecule has 3 rings (SSSR count). The van der Waals surface area contributed by atoms with Crippen LogP contribution in [0.25, 0.3) is 0 Å². The lowest BCUT2D eigenvalue weighted by atomic mass is 10.1. The Morgan fingerprint density at radius 2 is 1.79 bits per heavy atom. The van der Waals surface area contributed by atoms with Crippen LogP contribution in [0.1, 0.15) is 45.1 Å². The van der Waals surface area contributed by atoms with Crippen molar-refractivity contribution in [1.82, 2.24) is 24.9 Å². The van der Waals surface area contributed by atoms with Gasteiger partial charge in [0.1, 0.15) is 0 Å². The predicted molar refractivity (Wildman–Crippen MR) is 111 cm³/mol. The Bertz CT molecular complexity index is 972. The molecule has 1 N–H and O–H groups in total. The van der Waals surface area contributed by atoms with Gasteiger partial charge in [0.2, 0.25) is 0 Å². The number of rotatable bonds is 7. The first-order valence-electron chi connectivity index (χ1n) is 9.43. The van der Waals surface area contributed by atoms with E-state index < -0.39 is 0 Å². The summed E-state index contributed by atoms with van der Waals surface area (Å²) in [5.41, 5.74) is 5.71. The van der Waals surface area contributed by atoms with Gasteiger partial charge in [0, 0.05) is 24.3 Å². The van der Waals surface area contributed by atoms with Crippen LogP contribution in [0.2, 0.25) is 5.02 Å². The van der Waals surface area contributed by atoms with E-state index in [0.717, 1.165) is 41.3 Å². The highest BCUT2D eigenvalue weighted by Crippen LogP contribution is 2.18. The number of aryl methyl sites for hydroxylation is 4. The lowest BCUT2D eigenvalue weighted by Crippen LogP contribution is -2.25. The molecule has 0 aliphatic carbocycles. The van der Waals surface area contributed by atoms with Crippen LogP contribution >= 0.6 is 11.6 Å². The molecule has 0 atom stereocenters. The first kappa shape index (κ1) is 20.1. The van der Waals surface area contributed by atoms with Crippen molar-refractivity contribution < 1.29 is 4.79 Å². The second kappa shape index (κ2) is 8.61. The van der Waals surface area contributed by atoms with E-state index in [4.69, 9.17) is 11.6 Å². The molecule has 148 valence electrons. The maximum Gasteiger partial charge on any atom is 0.251 e. The number of nitrogens with zero attached hydrogens (tertiary/aromatic N) is 4. The smallest absolute Gasteiger partial charge is 0.251 e. The third-order valence-electron chi connectivity index (χ3n) is 4.78. The van der Waals surface area contributed by atoms with E-state index >= 15 is 0 Å². The largest absolute Gasteiger partial charge is 0.352 e. The molecule has 0 saturated carbocycles. The Morgan fingerprint density at radius 3 is 2.36 bits per heavy atom. The minimum atomic E-state index is -0.0657. The van der Waals surface area contributed by atoms with E-state index in [1.54, 1.807) is 0 Å². The van der Waals surface area contributed by atoms with Crippen LogP contribution in [0.5, 0.6) is 0 Å². The SMILES string of the molecule is Cc1cc(C)n(Cc2ccc(C(=O)NCCCn3nc(C)c(Cl)c3C)cc2)n1. The number of carbonyl (C=O) groups is 1. The Morgan fingerprint density at radius 1 is 1.07 bits per heavy atom. The van der Waals surface area contributed by atoms with Crippen LogP contribution in [-0.2, 0) is 13.1 Å². The fraction of sp³-hybridized carbons (Fsp3) is 0.381. The van der Waals surface area contributed by atoms with Gasteiger partial charge in [-0.05, 0) is 57.9 Å². The number of carbonyl (C=O) groups excluding carboxylic acids is 1. The predicted octanol–water partition coefficient (Wildman–Crippen LogP) is 3.84. The van der Waals surface area contributed by atoms with E-state index in [1.165, 1.54) is 0 Å². The molecular formula is C21H26ClN5O. The molecule has 1 amide bonds. The van der Waals surface area contributed by atoms with Gasteiger partial charge in [-0.25, -0.2) is 0 Å². The van der Waals surface area contributed by atoms with Crippen molar-refractivity contribution in [3.63, 3.8) is 0 Å². The number of benzene rings is 1. The molecule has 0 spiro atoms. The maximum atomic E-state index is 12.3. The summed E-state index contributed by atoms with van der Waals surface area (Å²) in [6.07, 6.45) is 0.792. The summed E-state index contributed by atoms with van der Waals surface area (Å²) in [7, 11) is 0. The van der Waals surface area contributed by atoms with Crippen molar-refractivity contribution in [3.05, 3.63) is 69.3 Å². The third kappa shape index (κ3) is 4.62. The average molecular weight is 400 g/mol. The minimum Gasteiger partial charge on any atom is -0.352 e. The Labute approximate surface area is 170 Å². The molecule has 2 heterocycles. The Balaban J connectivity index is 1.49. The second-order valence-electron chi connectivity index (χ2n) is 7.10. The van der Waals surface area contributed by atoms with E-state index in [9.17, 15) is 4.79 Å². The molecule has 0 aliphatic rings. The van der Waals surface area contributed by atoms with Gasteiger partial charge >= 0.3 is 0 Å². The van der Waals surface area contributed by atoms with Crippen LogP contribution in [0.15, 0.2) is 30.3 Å². The fourth-order valence-corrected chi connectivity index (χ4v) is 3.33. The second-order valence-corrected chi connectivity index (χ2v) is 7.48. The van der Waals surface area contributed by atoms with E-state index in [-0.39, 0.29) is 5.91 Å². The summed E-state index contributed by atoms with van der Waals surface area (Å²) in [5, 5.41) is 12.5.